The lowest BCUT2D eigenvalue weighted by atomic mass is 10.0. The number of hydrogen-bond donors (Lipinski definition) is 3. The Morgan fingerprint density at radius 2 is 1.43 bits per heavy atom. The monoisotopic (exact) mass is 324 g/mol. The molecule has 0 unspecified atom stereocenters. The van der Waals surface area contributed by atoms with Crippen molar-refractivity contribution < 1.29 is 4.94 Å². The van der Waals surface area contributed by atoms with Crippen LogP contribution in [0.5, 0.6) is 0 Å². The van der Waals surface area contributed by atoms with Gasteiger partial charge in [0.15, 0.2) is 5.15 Å². The van der Waals surface area contributed by atoms with Crippen LogP contribution in [0.2, 0.25) is 5.15 Å². The Bertz CT molecular complexity index is 853. The maximum absolute atomic E-state index is 6.04. The van der Waals surface area contributed by atoms with Crippen molar-refractivity contribution in [1.29, 1.82) is 0 Å². The van der Waals surface area contributed by atoms with Crippen molar-refractivity contribution in [2.24, 2.45) is 0 Å². The minimum atomic E-state index is 0.482. The molecule has 4 rings (SSSR count). The summed E-state index contributed by atoms with van der Waals surface area (Å²) in [5.41, 5.74) is 11.5. The molecule has 0 radical (unpaired) electrons. The molecule has 0 amide bonds. The Labute approximate surface area is 137 Å². The van der Waals surface area contributed by atoms with Gasteiger partial charge in [0.25, 0.3) is 0 Å². The van der Waals surface area contributed by atoms with Gasteiger partial charge in [0.2, 0.25) is 0 Å². The molecule has 114 valence electrons. The highest BCUT2D eigenvalue weighted by Crippen LogP contribution is 2.28. The molecule has 0 bridgehead atoms. The van der Waals surface area contributed by atoms with Gasteiger partial charge in [0.05, 0.1) is 23.9 Å². The van der Waals surface area contributed by atoms with E-state index in [-0.39, 0.29) is 0 Å². The van der Waals surface area contributed by atoms with E-state index in [1.54, 1.807) is 12.5 Å². The summed E-state index contributed by atoms with van der Waals surface area (Å²) in [4.78, 5) is 11.9. The van der Waals surface area contributed by atoms with E-state index in [1.807, 2.05) is 24.3 Å². The first kappa shape index (κ1) is 13.9. The topological polar surface area (TPSA) is 62.0 Å². The van der Waals surface area contributed by atoms with Crippen LogP contribution in [0.15, 0.2) is 61.1 Å². The molecular formula is C17H13ClN4O. The molecule has 0 spiro atoms. The number of nitrogens with one attached hydrogen (secondary N) is 3. The minimum absolute atomic E-state index is 0.482. The van der Waals surface area contributed by atoms with Gasteiger partial charge in [-0.15, -0.1) is 0 Å². The summed E-state index contributed by atoms with van der Waals surface area (Å²) >= 11 is 6.04. The molecule has 1 aliphatic heterocycles. The molecule has 1 aliphatic rings. The second kappa shape index (κ2) is 5.79. The first-order chi connectivity index (χ1) is 11.3. The van der Waals surface area contributed by atoms with E-state index in [0.29, 0.717) is 5.15 Å². The smallest absolute Gasteiger partial charge is 0.154 e. The van der Waals surface area contributed by atoms with Crippen LogP contribution in [0.3, 0.4) is 0 Å². The number of benzene rings is 2. The van der Waals surface area contributed by atoms with Crippen LogP contribution in [0, 0.1) is 0 Å². The summed E-state index contributed by atoms with van der Waals surface area (Å²) in [7, 11) is 0. The Morgan fingerprint density at radius 1 is 0.826 bits per heavy atom. The fourth-order valence-corrected chi connectivity index (χ4v) is 2.71. The minimum Gasteiger partial charge on any atom is -0.343 e. The van der Waals surface area contributed by atoms with E-state index in [4.69, 9.17) is 16.5 Å². The van der Waals surface area contributed by atoms with Crippen LogP contribution < -0.4 is 11.0 Å². The standard InChI is InChI=1S/C17H13ClN4O/c18-17-16(19-10-20-17)14-7-3-12(4-8-14)11-1-5-13(6-2-11)15-9-21-23-22-15/h1-10,21-22H,(H,19,20). The van der Waals surface area contributed by atoms with Gasteiger partial charge < -0.3 is 4.98 Å². The van der Waals surface area contributed by atoms with Gasteiger partial charge in [-0.1, -0.05) is 60.1 Å². The number of halogens is 1. The highest BCUT2D eigenvalue weighted by Gasteiger charge is 2.08. The molecule has 1 aromatic heterocycles. The molecule has 23 heavy (non-hydrogen) atoms. The Kier molecular flexibility index (Phi) is 3.49. The van der Waals surface area contributed by atoms with Gasteiger partial charge in [0, 0.05) is 11.1 Å². The van der Waals surface area contributed by atoms with Crippen molar-refractivity contribution >= 4 is 17.3 Å². The predicted octanol–water partition coefficient (Wildman–Crippen LogP) is 3.73. The van der Waals surface area contributed by atoms with Crippen molar-refractivity contribution in [3.63, 3.8) is 0 Å². The lowest BCUT2D eigenvalue weighted by molar-refractivity contribution is 0.0375. The van der Waals surface area contributed by atoms with E-state index in [2.05, 4.69) is 45.2 Å². The summed E-state index contributed by atoms with van der Waals surface area (Å²) in [6.07, 6.45) is 3.37. The summed E-state index contributed by atoms with van der Waals surface area (Å²) in [5, 5.41) is 0.482. The van der Waals surface area contributed by atoms with Crippen molar-refractivity contribution in [3.05, 3.63) is 71.8 Å². The highest BCUT2D eigenvalue weighted by atomic mass is 35.5. The van der Waals surface area contributed by atoms with Gasteiger partial charge in [-0.3, -0.25) is 0 Å². The maximum Gasteiger partial charge on any atom is 0.154 e. The van der Waals surface area contributed by atoms with Gasteiger partial charge >= 0.3 is 0 Å². The van der Waals surface area contributed by atoms with Gasteiger partial charge in [-0.2, -0.15) is 4.94 Å². The fourth-order valence-electron chi connectivity index (χ4n) is 2.50. The molecule has 2 heterocycles. The van der Waals surface area contributed by atoms with Crippen molar-refractivity contribution in [2.45, 2.75) is 0 Å². The summed E-state index contributed by atoms with van der Waals surface area (Å²) in [5.74, 6) is 0. The lowest BCUT2D eigenvalue weighted by Gasteiger charge is -2.06. The van der Waals surface area contributed by atoms with Crippen LogP contribution >= 0.6 is 11.6 Å². The lowest BCUT2D eigenvalue weighted by Crippen LogP contribution is -2.09. The highest BCUT2D eigenvalue weighted by molar-refractivity contribution is 6.31. The first-order valence-electron chi connectivity index (χ1n) is 7.09. The SMILES string of the molecule is Clc1nc[nH]c1-c1ccc(-c2ccc(C3=CNON3)cc2)cc1. The Hall–Kier alpha value is -2.76. The van der Waals surface area contributed by atoms with E-state index in [0.717, 1.165) is 33.6 Å². The number of hydroxylamine groups is 2. The van der Waals surface area contributed by atoms with Crippen LogP contribution in [-0.2, 0) is 4.94 Å². The third-order valence-electron chi connectivity index (χ3n) is 3.72. The molecule has 6 heteroatoms. The zero-order chi connectivity index (χ0) is 15.6. The maximum atomic E-state index is 6.04. The summed E-state index contributed by atoms with van der Waals surface area (Å²) < 4.78 is 0. The quantitative estimate of drug-likeness (QED) is 0.687. The number of H-pyrrole nitrogens is 1. The van der Waals surface area contributed by atoms with Gasteiger partial charge in [0.1, 0.15) is 0 Å². The van der Waals surface area contributed by atoms with Gasteiger partial charge in [-0.25, -0.2) is 15.9 Å². The average molecular weight is 325 g/mol. The molecule has 3 aromatic rings. The Morgan fingerprint density at radius 3 is 1.96 bits per heavy atom. The Balaban J connectivity index is 1.59. The van der Waals surface area contributed by atoms with Crippen LogP contribution in [0.4, 0.5) is 0 Å². The molecule has 0 aliphatic carbocycles. The second-order valence-corrected chi connectivity index (χ2v) is 5.46. The number of rotatable bonds is 3. The molecule has 3 N–H and O–H groups in total. The number of hydrogen-bond acceptors (Lipinski definition) is 4. The molecule has 0 saturated heterocycles. The van der Waals surface area contributed by atoms with Crippen molar-refractivity contribution in [3.8, 4) is 22.4 Å². The van der Waals surface area contributed by atoms with E-state index >= 15 is 0 Å². The largest absolute Gasteiger partial charge is 0.343 e. The van der Waals surface area contributed by atoms with Crippen LogP contribution in [0.1, 0.15) is 5.56 Å². The summed E-state index contributed by atoms with van der Waals surface area (Å²) in [6.45, 7) is 0. The molecule has 0 fully saturated rings. The fraction of sp³-hybridized carbons (Fsp3) is 0. The van der Waals surface area contributed by atoms with Crippen molar-refractivity contribution in [2.75, 3.05) is 0 Å². The molecule has 0 saturated carbocycles. The number of aromatic amines is 1. The number of imidazole rings is 1. The van der Waals surface area contributed by atoms with Gasteiger partial charge in [-0.05, 0) is 11.1 Å². The molecule has 2 aromatic carbocycles. The summed E-state index contributed by atoms with van der Waals surface area (Å²) in [6, 6.07) is 16.4. The van der Waals surface area contributed by atoms with E-state index < -0.39 is 0 Å². The second-order valence-electron chi connectivity index (χ2n) is 5.10. The first-order valence-corrected chi connectivity index (χ1v) is 7.47. The third kappa shape index (κ3) is 2.67. The van der Waals surface area contributed by atoms with Crippen LogP contribution in [0.25, 0.3) is 28.1 Å². The number of nitrogens with zero attached hydrogens (tertiary/aromatic N) is 1. The normalized spacial score (nSPS) is 13.3. The van der Waals surface area contributed by atoms with E-state index in [1.165, 1.54) is 0 Å². The van der Waals surface area contributed by atoms with Crippen LogP contribution in [-0.4, -0.2) is 9.97 Å². The van der Waals surface area contributed by atoms with E-state index in [9.17, 15) is 0 Å². The zero-order valence-corrected chi connectivity index (χ0v) is 12.8. The molecular weight excluding hydrogens is 312 g/mol. The average Bonchev–Trinajstić information content (AvgIpc) is 3.27. The van der Waals surface area contributed by atoms with Crippen molar-refractivity contribution in [1.82, 2.24) is 20.9 Å². The number of aromatic nitrogens is 2. The zero-order valence-electron chi connectivity index (χ0n) is 12.0. The molecule has 5 nitrogen and oxygen atoms in total. The predicted molar refractivity (Wildman–Crippen MR) is 89.8 cm³/mol. The third-order valence-corrected chi connectivity index (χ3v) is 4.01. The molecule has 0 atom stereocenters.